The fourth-order valence-corrected chi connectivity index (χ4v) is 9.41. The summed E-state index contributed by atoms with van der Waals surface area (Å²) in [5.41, 5.74) is 1.23. The van der Waals surface area contributed by atoms with E-state index in [0.29, 0.717) is 85.2 Å². The van der Waals surface area contributed by atoms with E-state index in [2.05, 4.69) is 19.9 Å². The van der Waals surface area contributed by atoms with E-state index in [1.807, 2.05) is 15.2 Å². The van der Waals surface area contributed by atoms with Gasteiger partial charge in [-0.2, -0.15) is 0 Å². The number of fused-ring (bicyclic) bond motifs is 1. The predicted octanol–water partition coefficient (Wildman–Crippen LogP) is 2.15. The molecule has 240 valence electrons. The molecule has 45 heavy (non-hydrogen) atoms. The first-order valence-electron chi connectivity index (χ1n) is 15.1. The number of hydrogen-bond acceptors (Lipinski definition) is 10. The molecule has 3 saturated carbocycles. The number of ether oxygens (including phenoxy) is 1. The monoisotopic (exact) mass is 657 g/mol. The van der Waals surface area contributed by atoms with Gasteiger partial charge in [-0.25, -0.2) is 32.1 Å². The number of aromatic nitrogens is 1. The zero-order valence-electron chi connectivity index (χ0n) is 25.4. The lowest BCUT2D eigenvalue weighted by atomic mass is 9.44. The number of amidine groups is 1. The highest BCUT2D eigenvalue weighted by Crippen LogP contribution is 2.64. The van der Waals surface area contributed by atoms with Gasteiger partial charge in [-0.15, -0.1) is 11.3 Å². The Kier molecular flexibility index (Phi) is 7.30. The maximum atomic E-state index is 14.8. The molecule has 4 heterocycles. The lowest BCUT2D eigenvalue weighted by molar-refractivity contribution is -0.145. The molecule has 2 atom stereocenters. The van der Waals surface area contributed by atoms with Crippen LogP contribution in [0.4, 0.5) is 9.18 Å². The van der Waals surface area contributed by atoms with Gasteiger partial charge in [-0.1, -0.05) is 12.1 Å². The smallest absolute Gasteiger partial charge is 0.338 e. The average molecular weight is 658 g/mol. The molecular formula is C30H36FN7O5S2. The molecule has 0 unspecified atom stereocenters. The molecule has 6 aliphatic rings. The average Bonchev–Trinajstić information content (AvgIpc) is 3.59. The second kappa shape index (κ2) is 10.9. The Morgan fingerprint density at radius 1 is 1.24 bits per heavy atom. The van der Waals surface area contributed by atoms with E-state index < -0.39 is 27.6 Å². The topological polar surface area (TPSA) is 137 Å². The van der Waals surface area contributed by atoms with Gasteiger partial charge in [-0.05, 0) is 50.3 Å². The molecule has 5 fully saturated rings. The fraction of sp³-hybridized carbons (Fsp3) is 0.533. The highest BCUT2D eigenvalue weighted by Gasteiger charge is 2.73. The maximum absolute atomic E-state index is 14.8. The van der Waals surface area contributed by atoms with Crippen LogP contribution in [0.3, 0.4) is 0 Å². The van der Waals surface area contributed by atoms with Crippen molar-refractivity contribution in [1.82, 2.24) is 29.7 Å². The summed E-state index contributed by atoms with van der Waals surface area (Å²) in [6.07, 6.45) is 4.78. The number of piperazine rings is 1. The van der Waals surface area contributed by atoms with E-state index in [1.165, 1.54) is 23.7 Å². The van der Waals surface area contributed by atoms with Gasteiger partial charge in [0, 0.05) is 55.5 Å². The third-order valence-electron chi connectivity index (χ3n) is 9.66. The number of nitrogens with zero attached hydrogens (tertiary/aromatic N) is 5. The highest BCUT2D eigenvalue weighted by atomic mass is 32.2. The minimum atomic E-state index is -3.31. The summed E-state index contributed by atoms with van der Waals surface area (Å²) in [5.74, 6) is -0.394. The Bertz CT molecular complexity index is 1710. The van der Waals surface area contributed by atoms with Gasteiger partial charge in [-0.3, -0.25) is 9.89 Å². The van der Waals surface area contributed by atoms with Crippen LogP contribution in [0.15, 0.2) is 46.0 Å². The van der Waals surface area contributed by atoms with E-state index in [4.69, 9.17) is 9.73 Å². The summed E-state index contributed by atoms with van der Waals surface area (Å²) in [6, 6.07) is 3.97. The van der Waals surface area contributed by atoms with Crippen molar-refractivity contribution < 1.29 is 27.1 Å². The highest BCUT2D eigenvalue weighted by molar-refractivity contribution is 7.88. The quantitative estimate of drug-likeness (QED) is 0.392. The van der Waals surface area contributed by atoms with Crippen LogP contribution >= 0.6 is 11.3 Å². The Balaban J connectivity index is 1.14. The zero-order chi connectivity index (χ0) is 31.7. The SMILES string of the molecule is CCOC(=O)C1=C(CN2CCN3C(=O)N(C45CC(NS(C)(=O)=O)(C4)C5)C[C@@H]3C2)NC(c2nccs2)=N[C@H]1c1cccc(F)c1C. The van der Waals surface area contributed by atoms with Crippen molar-refractivity contribution in [2.45, 2.75) is 56.3 Å². The first-order chi connectivity index (χ1) is 21.4. The summed E-state index contributed by atoms with van der Waals surface area (Å²) in [6.45, 7) is 6.26. The molecule has 2 bridgehead atoms. The second-order valence-electron chi connectivity index (χ2n) is 12.8. The molecule has 12 nitrogen and oxygen atoms in total. The van der Waals surface area contributed by atoms with Crippen LogP contribution in [-0.4, -0.2) is 109 Å². The van der Waals surface area contributed by atoms with Crippen molar-refractivity contribution in [3.63, 3.8) is 0 Å². The summed E-state index contributed by atoms with van der Waals surface area (Å²) < 4.78 is 46.7. The minimum absolute atomic E-state index is 0.00866. The summed E-state index contributed by atoms with van der Waals surface area (Å²) in [5, 5.41) is 5.87. The standard InChI is InChI=1S/C30H36FN7O5S2/c1-4-43-27(39)23-22(33-25(26-32-8-11-44-26)34-24(23)20-6-5-7-21(31)18(20)2)14-36-9-10-37-19(12-36)13-38(28(37)40)30-15-29(16-30,17-30)35-45(3,41)42/h5-8,11,19,24,35H,4,9-10,12-17H2,1-3H3,(H,33,34)/t19-,24-,29?,30?/m0/s1. The number of carbonyl (C=O) groups excluding carboxylic acids is 2. The Morgan fingerprint density at radius 3 is 2.71 bits per heavy atom. The van der Waals surface area contributed by atoms with Crippen LogP contribution in [0.5, 0.6) is 0 Å². The number of carbonyl (C=O) groups is 2. The van der Waals surface area contributed by atoms with Gasteiger partial charge < -0.3 is 19.9 Å². The number of urea groups is 1. The number of esters is 1. The van der Waals surface area contributed by atoms with Gasteiger partial charge in [0.15, 0.2) is 10.8 Å². The first-order valence-corrected chi connectivity index (χ1v) is 17.9. The Hall–Kier alpha value is -3.40. The van der Waals surface area contributed by atoms with Crippen molar-refractivity contribution in [3.8, 4) is 0 Å². The van der Waals surface area contributed by atoms with Crippen LogP contribution in [0.1, 0.15) is 48.4 Å². The van der Waals surface area contributed by atoms with E-state index in [9.17, 15) is 22.4 Å². The van der Waals surface area contributed by atoms with Crippen molar-refractivity contribution >= 4 is 39.2 Å². The van der Waals surface area contributed by atoms with E-state index >= 15 is 0 Å². The molecular weight excluding hydrogens is 622 g/mol. The third kappa shape index (κ3) is 5.22. The lowest BCUT2D eigenvalue weighted by Gasteiger charge is -2.72. The molecule has 2 saturated heterocycles. The number of aliphatic imine (C=N–C) groups is 1. The van der Waals surface area contributed by atoms with Crippen LogP contribution in [-0.2, 0) is 19.6 Å². The van der Waals surface area contributed by atoms with Gasteiger partial charge in [0.1, 0.15) is 11.9 Å². The summed E-state index contributed by atoms with van der Waals surface area (Å²) in [4.78, 5) is 42.4. The number of sulfonamides is 1. The molecule has 2 aromatic rings. The van der Waals surface area contributed by atoms with Gasteiger partial charge in [0.2, 0.25) is 10.0 Å². The van der Waals surface area contributed by atoms with Crippen molar-refractivity contribution in [3.05, 3.63) is 63.0 Å². The number of nitrogens with one attached hydrogen (secondary N) is 2. The van der Waals surface area contributed by atoms with Crippen LogP contribution in [0.25, 0.3) is 0 Å². The molecule has 1 aromatic heterocycles. The molecule has 3 aliphatic carbocycles. The Morgan fingerprint density at radius 2 is 2.02 bits per heavy atom. The second-order valence-corrected chi connectivity index (χ2v) is 15.4. The molecule has 3 aliphatic heterocycles. The van der Waals surface area contributed by atoms with Crippen LogP contribution in [0, 0.1) is 12.7 Å². The minimum Gasteiger partial charge on any atom is -0.463 e. The molecule has 15 heteroatoms. The van der Waals surface area contributed by atoms with Crippen molar-refractivity contribution in [1.29, 1.82) is 0 Å². The zero-order valence-corrected chi connectivity index (χ0v) is 27.0. The van der Waals surface area contributed by atoms with Gasteiger partial charge in [0.05, 0.1) is 30.0 Å². The number of halogens is 1. The molecule has 0 radical (unpaired) electrons. The number of hydrogen-bond donors (Lipinski definition) is 2. The molecule has 1 aromatic carbocycles. The van der Waals surface area contributed by atoms with E-state index in [1.54, 1.807) is 32.2 Å². The summed E-state index contributed by atoms with van der Waals surface area (Å²) in [7, 11) is -3.31. The Labute approximate surface area is 265 Å². The van der Waals surface area contributed by atoms with Crippen molar-refractivity contribution in [2.75, 3.05) is 45.6 Å². The van der Waals surface area contributed by atoms with Crippen LogP contribution in [0.2, 0.25) is 0 Å². The van der Waals surface area contributed by atoms with Gasteiger partial charge >= 0.3 is 12.0 Å². The maximum Gasteiger partial charge on any atom is 0.338 e. The fourth-order valence-electron chi connectivity index (χ4n) is 7.82. The number of amides is 2. The number of benzene rings is 1. The van der Waals surface area contributed by atoms with Crippen LogP contribution < -0.4 is 10.0 Å². The molecule has 2 N–H and O–H groups in total. The molecule has 2 amide bonds. The lowest BCUT2D eigenvalue weighted by Crippen LogP contribution is -2.83. The number of thiazole rings is 1. The van der Waals surface area contributed by atoms with Gasteiger partial charge in [0.25, 0.3) is 0 Å². The van der Waals surface area contributed by atoms with Crippen molar-refractivity contribution in [2.24, 2.45) is 4.99 Å². The predicted molar refractivity (Wildman–Crippen MR) is 166 cm³/mol. The molecule has 0 spiro atoms. The number of rotatable bonds is 9. The third-order valence-corrected chi connectivity index (χ3v) is 11.2. The van der Waals surface area contributed by atoms with E-state index in [0.717, 1.165) is 0 Å². The normalized spacial score (nSPS) is 29.5. The first kappa shape index (κ1) is 30.3. The largest absolute Gasteiger partial charge is 0.463 e. The molecule has 8 rings (SSSR count). The summed E-state index contributed by atoms with van der Waals surface area (Å²) >= 11 is 1.41. The van der Waals surface area contributed by atoms with E-state index in [-0.39, 0.29) is 30.0 Å².